The van der Waals surface area contributed by atoms with Gasteiger partial charge in [-0.2, -0.15) is 0 Å². The summed E-state index contributed by atoms with van der Waals surface area (Å²) in [6, 6.07) is 18.6. The molecule has 0 aliphatic carbocycles. The van der Waals surface area contributed by atoms with Gasteiger partial charge in [-0.1, -0.05) is 48.5 Å². The number of hydrogen-bond acceptors (Lipinski definition) is 3. The molecule has 3 atom stereocenters. The maximum absolute atomic E-state index is 13.9. The van der Waals surface area contributed by atoms with Crippen LogP contribution < -0.4 is 10.6 Å². The van der Waals surface area contributed by atoms with Crippen LogP contribution in [0.1, 0.15) is 49.8 Å². The van der Waals surface area contributed by atoms with E-state index in [9.17, 15) is 9.50 Å². The van der Waals surface area contributed by atoms with Crippen molar-refractivity contribution in [3.8, 4) is 0 Å². The van der Waals surface area contributed by atoms with Crippen molar-refractivity contribution in [2.75, 3.05) is 13.1 Å². The van der Waals surface area contributed by atoms with Crippen molar-refractivity contribution in [1.29, 1.82) is 0 Å². The Kier molecular flexibility index (Phi) is 9.31. The highest BCUT2D eigenvalue weighted by Crippen LogP contribution is 2.36. The van der Waals surface area contributed by atoms with Gasteiger partial charge in [0.2, 0.25) is 0 Å². The molecule has 2 saturated heterocycles. The molecule has 0 radical (unpaired) electrons. The number of nitrogens with one attached hydrogen (secondary N) is 2. The fraction of sp³-hybridized carbons (Fsp3) is 0.480. The lowest BCUT2D eigenvalue weighted by atomic mass is 9.96. The Balaban J connectivity index is 0.00000289. The molecule has 5 nitrogen and oxygen atoms in total. The van der Waals surface area contributed by atoms with E-state index in [1.54, 1.807) is 18.2 Å². The number of benzene rings is 2. The summed E-state index contributed by atoms with van der Waals surface area (Å²) >= 11 is 0. The zero-order valence-electron chi connectivity index (χ0n) is 18.6. The van der Waals surface area contributed by atoms with Gasteiger partial charge in [-0.05, 0) is 44.2 Å². The summed E-state index contributed by atoms with van der Waals surface area (Å²) in [5.74, 6) is 0.296. The molecule has 0 amide bonds. The van der Waals surface area contributed by atoms with E-state index >= 15 is 0 Å². The first-order chi connectivity index (χ1) is 15.1. The van der Waals surface area contributed by atoms with Gasteiger partial charge >= 0.3 is 0 Å². The lowest BCUT2D eigenvalue weighted by molar-refractivity contribution is 0.114. The van der Waals surface area contributed by atoms with Crippen LogP contribution in [0.2, 0.25) is 0 Å². The molecule has 174 valence electrons. The standard InChI is InChI=1S/C25H33FN4O.HI/c1-2-27-25(28-16-24(31)22-10-6-7-11-23(22)26)29-19-14-20-12-13-21(15-19)30(20)17-18-8-4-3-5-9-18;/h3-11,19-21,24,31H,2,12-17H2,1H3,(H2,27,28,29);1H. The average Bonchev–Trinajstić information content (AvgIpc) is 3.01. The van der Waals surface area contributed by atoms with Crippen LogP contribution in [-0.4, -0.2) is 47.2 Å². The molecule has 0 aromatic heterocycles. The quantitative estimate of drug-likeness (QED) is 0.274. The van der Waals surface area contributed by atoms with E-state index in [4.69, 9.17) is 0 Å². The van der Waals surface area contributed by atoms with E-state index in [-0.39, 0.29) is 36.1 Å². The van der Waals surface area contributed by atoms with Crippen molar-refractivity contribution in [2.24, 2.45) is 4.99 Å². The number of rotatable bonds is 7. The molecule has 0 saturated carbocycles. The molecule has 2 aromatic rings. The van der Waals surface area contributed by atoms with E-state index < -0.39 is 11.9 Å². The molecule has 2 fully saturated rings. The molecule has 2 aromatic carbocycles. The van der Waals surface area contributed by atoms with Gasteiger partial charge in [0.05, 0.1) is 6.54 Å². The Hall–Kier alpha value is -1.71. The number of nitrogens with zero attached hydrogens (tertiary/aromatic N) is 2. The van der Waals surface area contributed by atoms with Gasteiger partial charge in [-0.15, -0.1) is 24.0 Å². The fourth-order valence-corrected chi connectivity index (χ4v) is 4.98. The number of aliphatic imine (C=N–C) groups is 1. The van der Waals surface area contributed by atoms with E-state index in [1.165, 1.54) is 24.5 Å². The maximum Gasteiger partial charge on any atom is 0.191 e. The van der Waals surface area contributed by atoms with Crippen molar-refractivity contribution in [3.63, 3.8) is 0 Å². The van der Waals surface area contributed by atoms with Gasteiger partial charge in [0.25, 0.3) is 0 Å². The third kappa shape index (κ3) is 6.20. The molecule has 2 heterocycles. The number of halogens is 2. The maximum atomic E-state index is 13.9. The van der Waals surface area contributed by atoms with Crippen LogP contribution >= 0.6 is 24.0 Å². The highest BCUT2D eigenvalue weighted by atomic mass is 127. The van der Waals surface area contributed by atoms with Gasteiger partial charge in [0, 0.05) is 36.8 Å². The Morgan fingerprint density at radius 1 is 1.09 bits per heavy atom. The molecule has 3 unspecified atom stereocenters. The van der Waals surface area contributed by atoms with Gasteiger partial charge < -0.3 is 15.7 Å². The summed E-state index contributed by atoms with van der Waals surface area (Å²) in [6.07, 6.45) is 3.71. The van der Waals surface area contributed by atoms with Crippen LogP contribution in [0.25, 0.3) is 0 Å². The first-order valence-electron chi connectivity index (χ1n) is 11.4. The average molecular weight is 552 g/mol. The zero-order valence-corrected chi connectivity index (χ0v) is 20.9. The Morgan fingerprint density at radius 3 is 2.41 bits per heavy atom. The topological polar surface area (TPSA) is 59.9 Å². The monoisotopic (exact) mass is 552 g/mol. The van der Waals surface area contributed by atoms with Gasteiger partial charge in [0.15, 0.2) is 5.96 Å². The number of guanidine groups is 1. The van der Waals surface area contributed by atoms with Crippen molar-refractivity contribution < 1.29 is 9.50 Å². The van der Waals surface area contributed by atoms with Crippen LogP contribution in [0.5, 0.6) is 0 Å². The smallest absolute Gasteiger partial charge is 0.191 e. The van der Waals surface area contributed by atoms with Crippen molar-refractivity contribution in [3.05, 3.63) is 71.5 Å². The van der Waals surface area contributed by atoms with E-state index in [2.05, 4.69) is 50.9 Å². The molecule has 2 aliphatic heterocycles. The molecule has 4 rings (SSSR count). The minimum atomic E-state index is -0.958. The molecule has 32 heavy (non-hydrogen) atoms. The number of piperidine rings is 1. The van der Waals surface area contributed by atoms with Crippen LogP contribution in [0.3, 0.4) is 0 Å². The molecule has 0 spiro atoms. The third-order valence-corrected chi connectivity index (χ3v) is 6.46. The molecular weight excluding hydrogens is 518 g/mol. The first-order valence-corrected chi connectivity index (χ1v) is 11.4. The predicted octanol–water partition coefficient (Wildman–Crippen LogP) is 4.23. The third-order valence-electron chi connectivity index (χ3n) is 6.46. The number of aliphatic hydroxyl groups excluding tert-OH is 1. The Bertz CT molecular complexity index is 867. The van der Waals surface area contributed by atoms with E-state index in [0.29, 0.717) is 24.1 Å². The second-order valence-corrected chi connectivity index (χ2v) is 8.61. The Labute approximate surface area is 207 Å². The molecule has 7 heteroatoms. The van der Waals surface area contributed by atoms with Crippen LogP contribution in [-0.2, 0) is 6.54 Å². The molecule has 3 N–H and O–H groups in total. The SMILES string of the molecule is CCNC(=NCC(O)c1ccccc1F)NC1CC2CCC(C1)N2Cc1ccccc1.I. The highest BCUT2D eigenvalue weighted by Gasteiger charge is 2.40. The van der Waals surface area contributed by atoms with Crippen molar-refractivity contribution in [2.45, 2.75) is 63.4 Å². The number of fused-ring (bicyclic) bond motifs is 2. The van der Waals surface area contributed by atoms with E-state index in [1.807, 2.05) is 6.92 Å². The second kappa shape index (κ2) is 12.0. The molecule has 2 aliphatic rings. The lowest BCUT2D eigenvalue weighted by Crippen LogP contribution is -2.52. The fourth-order valence-electron chi connectivity index (χ4n) is 4.98. The van der Waals surface area contributed by atoms with Crippen molar-refractivity contribution in [1.82, 2.24) is 15.5 Å². The van der Waals surface area contributed by atoms with Crippen molar-refractivity contribution >= 4 is 29.9 Å². The van der Waals surface area contributed by atoms with E-state index in [0.717, 1.165) is 25.9 Å². The lowest BCUT2D eigenvalue weighted by Gasteiger charge is -2.39. The number of hydrogen-bond donors (Lipinski definition) is 3. The predicted molar refractivity (Wildman–Crippen MR) is 138 cm³/mol. The summed E-state index contributed by atoms with van der Waals surface area (Å²) in [5, 5.41) is 17.2. The molecule has 2 bridgehead atoms. The molecular formula is C25H34FIN4O. The summed E-state index contributed by atoms with van der Waals surface area (Å²) in [6.45, 7) is 3.90. The van der Waals surface area contributed by atoms with Crippen LogP contribution in [0.15, 0.2) is 59.6 Å². The van der Waals surface area contributed by atoms with Crippen LogP contribution in [0.4, 0.5) is 4.39 Å². The summed E-state index contributed by atoms with van der Waals surface area (Å²) in [4.78, 5) is 7.21. The Morgan fingerprint density at radius 2 is 1.75 bits per heavy atom. The van der Waals surface area contributed by atoms with Gasteiger partial charge in [-0.25, -0.2) is 4.39 Å². The zero-order chi connectivity index (χ0) is 21.6. The minimum absolute atomic E-state index is 0. The normalized spacial score (nSPS) is 24.0. The highest BCUT2D eigenvalue weighted by molar-refractivity contribution is 14.0. The second-order valence-electron chi connectivity index (χ2n) is 8.61. The first kappa shape index (κ1) is 24.9. The summed E-state index contributed by atoms with van der Waals surface area (Å²) in [5.41, 5.74) is 1.66. The summed E-state index contributed by atoms with van der Waals surface area (Å²) in [7, 11) is 0. The summed E-state index contributed by atoms with van der Waals surface area (Å²) < 4.78 is 13.9. The minimum Gasteiger partial charge on any atom is -0.386 e. The number of aliphatic hydroxyl groups is 1. The van der Waals surface area contributed by atoms with Gasteiger partial charge in [0.1, 0.15) is 11.9 Å². The van der Waals surface area contributed by atoms with Crippen LogP contribution in [0, 0.1) is 5.82 Å². The van der Waals surface area contributed by atoms with Gasteiger partial charge in [-0.3, -0.25) is 9.89 Å². The largest absolute Gasteiger partial charge is 0.386 e.